The third-order valence-corrected chi connectivity index (χ3v) is 4.46. The molecule has 0 saturated carbocycles. The maximum absolute atomic E-state index is 13.0. The van der Waals surface area contributed by atoms with Crippen molar-refractivity contribution < 1.29 is 19.1 Å². The van der Waals surface area contributed by atoms with E-state index in [1.807, 2.05) is 20.8 Å². The van der Waals surface area contributed by atoms with E-state index >= 15 is 0 Å². The SMILES string of the molecule is CC(C)[C@H](NC(=O)c1ccc(F)cc1)C(=O)Nc1cc(C(C)(C)C)ccc1O. The number of hydrogen-bond donors (Lipinski definition) is 3. The van der Waals surface area contributed by atoms with Crippen LogP contribution in [0.2, 0.25) is 0 Å². The van der Waals surface area contributed by atoms with Crippen molar-refractivity contribution in [1.29, 1.82) is 0 Å². The lowest BCUT2D eigenvalue weighted by atomic mass is 9.87. The molecule has 28 heavy (non-hydrogen) atoms. The van der Waals surface area contributed by atoms with Gasteiger partial charge in [0.05, 0.1) is 5.69 Å². The molecule has 2 aromatic carbocycles. The summed E-state index contributed by atoms with van der Waals surface area (Å²) in [5, 5.41) is 15.5. The Balaban J connectivity index is 2.19. The molecule has 0 unspecified atom stereocenters. The van der Waals surface area contributed by atoms with E-state index in [9.17, 15) is 19.1 Å². The fourth-order valence-corrected chi connectivity index (χ4v) is 2.67. The van der Waals surface area contributed by atoms with Crippen LogP contribution in [0.25, 0.3) is 0 Å². The van der Waals surface area contributed by atoms with E-state index in [4.69, 9.17) is 0 Å². The highest BCUT2D eigenvalue weighted by Crippen LogP contribution is 2.31. The van der Waals surface area contributed by atoms with E-state index < -0.39 is 23.7 Å². The van der Waals surface area contributed by atoms with Crippen LogP contribution in [0.4, 0.5) is 10.1 Å². The van der Waals surface area contributed by atoms with Crippen LogP contribution in [0.1, 0.15) is 50.5 Å². The molecule has 0 aromatic heterocycles. The Morgan fingerprint density at radius 1 is 1.04 bits per heavy atom. The number of halogens is 1. The number of anilines is 1. The second-order valence-corrected chi connectivity index (χ2v) is 8.17. The molecule has 1 atom stereocenters. The Hall–Kier alpha value is -2.89. The van der Waals surface area contributed by atoms with Gasteiger partial charge in [-0.05, 0) is 53.3 Å². The lowest BCUT2D eigenvalue weighted by Gasteiger charge is -2.24. The second kappa shape index (κ2) is 8.42. The highest BCUT2D eigenvalue weighted by molar-refractivity contribution is 6.01. The number of hydrogen-bond acceptors (Lipinski definition) is 3. The number of carbonyl (C=O) groups is 2. The lowest BCUT2D eigenvalue weighted by Crippen LogP contribution is -2.47. The average molecular weight is 386 g/mol. The fourth-order valence-electron chi connectivity index (χ4n) is 2.67. The molecule has 5 nitrogen and oxygen atoms in total. The largest absolute Gasteiger partial charge is 0.506 e. The fraction of sp³-hybridized carbons (Fsp3) is 0.364. The zero-order valence-corrected chi connectivity index (χ0v) is 16.8. The molecule has 2 rings (SSSR count). The second-order valence-electron chi connectivity index (χ2n) is 8.17. The smallest absolute Gasteiger partial charge is 0.251 e. The first-order valence-corrected chi connectivity index (χ1v) is 9.20. The van der Waals surface area contributed by atoms with Gasteiger partial charge in [0.25, 0.3) is 5.91 Å². The highest BCUT2D eigenvalue weighted by atomic mass is 19.1. The molecule has 0 bridgehead atoms. The van der Waals surface area contributed by atoms with Gasteiger partial charge in [-0.15, -0.1) is 0 Å². The summed E-state index contributed by atoms with van der Waals surface area (Å²) in [6.45, 7) is 9.71. The van der Waals surface area contributed by atoms with Crippen molar-refractivity contribution in [2.45, 2.75) is 46.1 Å². The molecule has 0 spiro atoms. The minimum atomic E-state index is -0.824. The van der Waals surface area contributed by atoms with Gasteiger partial charge < -0.3 is 15.7 Å². The molecule has 0 fully saturated rings. The van der Waals surface area contributed by atoms with E-state index in [1.165, 1.54) is 30.3 Å². The van der Waals surface area contributed by atoms with Gasteiger partial charge in [0.2, 0.25) is 5.91 Å². The van der Waals surface area contributed by atoms with Gasteiger partial charge in [0.15, 0.2) is 0 Å². The van der Waals surface area contributed by atoms with Gasteiger partial charge in [0, 0.05) is 5.56 Å². The van der Waals surface area contributed by atoms with Crippen LogP contribution in [0.15, 0.2) is 42.5 Å². The van der Waals surface area contributed by atoms with E-state index in [-0.39, 0.29) is 22.6 Å². The zero-order valence-electron chi connectivity index (χ0n) is 16.8. The Morgan fingerprint density at radius 2 is 1.64 bits per heavy atom. The topological polar surface area (TPSA) is 78.4 Å². The first-order chi connectivity index (χ1) is 13.0. The van der Waals surface area contributed by atoms with Crippen LogP contribution in [0, 0.1) is 11.7 Å². The minimum absolute atomic E-state index is 0.0475. The van der Waals surface area contributed by atoms with Gasteiger partial charge in [-0.1, -0.05) is 40.7 Å². The number of nitrogens with one attached hydrogen (secondary N) is 2. The summed E-state index contributed by atoms with van der Waals surface area (Å²) in [5.41, 5.74) is 1.36. The summed E-state index contributed by atoms with van der Waals surface area (Å²) >= 11 is 0. The third kappa shape index (κ3) is 5.31. The maximum Gasteiger partial charge on any atom is 0.251 e. The van der Waals surface area contributed by atoms with Gasteiger partial charge in [-0.3, -0.25) is 9.59 Å². The first-order valence-electron chi connectivity index (χ1n) is 9.20. The average Bonchev–Trinajstić information content (AvgIpc) is 2.60. The predicted molar refractivity (Wildman–Crippen MR) is 108 cm³/mol. The summed E-state index contributed by atoms with van der Waals surface area (Å²) in [4.78, 5) is 25.2. The molecule has 150 valence electrons. The summed E-state index contributed by atoms with van der Waals surface area (Å²) in [5.74, 6) is -1.59. The molecule has 0 aliphatic heterocycles. The molecule has 3 N–H and O–H groups in total. The number of carbonyl (C=O) groups excluding carboxylic acids is 2. The van der Waals surface area contributed by atoms with Crippen molar-refractivity contribution in [3.63, 3.8) is 0 Å². The Morgan fingerprint density at radius 3 is 2.18 bits per heavy atom. The molecular formula is C22H27FN2O3. The number of phenols is 1. The van der Waals surface area contributed by atoms with Gasteiger partial charge >= 0.3 is 0 Å². The molecule has 2 amide bonds. The zero-order chi connectivity index (χ0) is 21.1. The summed E-state index contributed by atoms with van der Waals surface area (Å²) in [6.07, 6.45) is 0. The van der Waals surface area contributed by atoms with Crippen LogP contribution in [0.5, 0.6) is 5.75 Å². The highest BCUT2D eigenvalue weighted by Gasteiger charge is 2.26. The van der Waals surface area contributed by atoms with Crippen molar-refractivity contribution in [2.75, 3.05) is 5.32 Å². The minimum Gasteiger partial charge on any atom is -0.506 e. The number of phenolic OH excluding ortho intramolecular Hbond substituents is 1. The number of benzene rings is 2. The lowest BCUT2D eigenvalue weighted by molar-refractivity contribution is -0.118. The van der Waals surface area contributed by atoms with Crippen molar-refractivity contribution in [1.82, 2.24) is 5.32 Å². The monoisotopic (exact) mass is 386 g/mol. The summed E-state index contributed by atoms with van der Waals surface area (Å²) in [7, 11) is 0. The Bertz CT molecular complexity index is 855. The normalized spacial score (nSPS) is 12.5. The number of rotatable bonds is 5. The Kier molecular flexibility index (Phi) is 6.44. The van der Waals surface area contributed by atoms with Crippen molar-refractivity contribution >= 4 is 17.5 Å². The van der Waals surface area contributed by atoms with Gasteiger partial charge in [-0.2, -0.15) is 0 Å². The molecule has 6 heteroatoms. The number of amides is 2. The van der Waals surface area contributed by atoms with Crippen LogP contribution >= 0.6 is 0 Å². The van der Waals surface area contributed by atoms with E-state index in [0.717, 1.165) is 5.56 Å². The maximum atomic E-state index is 13.0. The Labute approximate surface area is 165 Å². The standard InChI is InChI=1S/C22H27FN2O3/c1-13(2)19(25-20(27)14-6-9-16(23)10-7-14)21(28)24-17-12-15(22(3,4)5)8-11-18(17)26/h6-13,19,26H,1-5H3,(H,24,28)(H,25,27)/t19-/m0/s1. The summed E-state index contributed by atoms with van der Waals surface area (Å²) < 4.78 is 13.0. The van der Waals surface area contributed by atoms with Gasteiger partial charge in [-0.25, -0.2) is 4.39 Å². The van der Waals surface area contributed by atoms with E-state index in [1.54, 1.807) is 26.0 Å². The van der Waals surface area contributed by atoms with E-state index in [2.05, 4.69) is 10.6 Å². The molecule has 0 heterocycles. The van der Waals surface area contributed by atoms with Crippen LogP contribution in [0.3, 0.4) is 0 Å². The van der Waals surface area contributed by atoms with Crippen LogP contribution in [-0.2, 0) is 10.2 Å². The van der Waals surface area contributed by atoms with Crippen molar-refractivity contribution in [2.24, 2.45) is 5.92 Å². The van der Waals surface area contributed by atoms with Crippen LogP contribution < -0.4 is 10.6 Å². The summed E-state index contributed by atoms with van der Waals surface area (Å²) in [6, 6.07) is 9.35. The molecule has 0 aliphatic rings. The third-order valence-electron chi connectivity index (χ3n) is 4.46. The first kappa shape index (κ1) is 21.4. The molecular weight excluding hydrogens is 359 g/mol. The van der Waals surface area contributed by atoms with Crippen molar-refractivity contribution in [3.8, 4) is 5.75 Å². The molecule has 0 aliphatic carbocycles. The quantitative estimate of drug-likeness (QED) is 0.673. The molecule has 0 radical (unpaired) electrons. The molecule has 0 saturated heterocycles. The van der Waals surface area contributed by atoms with Gasteiger partial charge in [0.1, 0.15) is 17.6 Å². The molecule has 2 aromatic rings. The van der Waals surface area contributed by atoms with Crippen LogP contribution in [-0.4, -0.2) is 23.0 Å². The predicted octanol–water partition coefficient (Wildman–Crippen LogP) is 4.22. The van der Waals surface area contributed by atoms with Crippen molar-refractivity contribution in [3.05, 3.63) is 59.4 Å². The number of aromatic hydroxyl groups is 1. The van der Waals surface area contributed by atoms with E-state index in [0.29, 0.717) is 5.69 Å².